The molecule has 0 saturated carbocycles. The summed E-state index contributed by atoms with van der Waals surface area (Å²) in [5, 5.41) is 4.10. The number of nitrogens with zero attached hydrogens (tertiary/aromatic N) is 2. The molecule has 2 heterocycles. The van der Waals surface area contributed by atoms with Crippen molar-refractivity contribution in [2.45, 2.75) is 45.2 Å². The van der Waals surface area contributed by atoms with Crippen LogP contribution in [0.4, 0.5) is 19.0 Å². The van der Waals surface area contributed by atoms with Crippen molar-refractivity contribution in [1.29, 1.82) is 0 Å². The van der Waals surface area contributed by atoms with Crippen molar-refractivity contribution in [3.63, 3.8) is 0 Å². The molecular weight excluding hydrogens is 299 g/mol. The predicted octanol–water partition coefficient (Wildman–Crippen LogP) is 4.11. The summed E-state index contributed by atoms with van der Waals surface area (Å²) in [4.78, 5) is 10.2. The molecule has 7 heteroatoms. The zero-order valence-corrected chi connectivity index (χ0v) is 12.5. The van der Waals surface area contributed by atoms with Gasteiger partial charge in [-0.25, -0.2) is 9.97 Å². The molecule has 1 aliphatic rings. The van der Waals surface area contributed by atoms with Gasteiger partial charge in [0.1, 0.15) is 22.9 Å². The third kappa shape index (κ3) is 2.97. The molecule has 0 atom stereocenters. The van der Waals surface area contributed by atoms with Crippen molar-refractivity contribution < 1.29 is 13.2 Å². The van der Waals surface area contributed by atoms with Crippen molar-refractivity contribution in [2.75, 3.05) is 11.9 Å². The van der Waals surface area contributed by atoms with E-state index in [0.29, 0.717) is 17.2 Å². The van der Waals surface area contributed by atoms with E-state index < -0.39 is 12.6 Å². The van der Waals surface area contributed by atoms with Gasteiger partial charge in [-0.1, -0.05) is 6.92 Å². The van der Waals surface area contributed by atoms with Crippen molar-refractivity contribution >= 4 is 27.4 Å². The third-order valence-corrected chi connectivity index (χ3v) is 4.70. The highest BCUT2D eigenvalue weighted by molar-refractivity contribution is 7.19. The molecule has 2 aromatic heterocycles. The fraction of sp³-hybridized carbons (Fsp3) is 0.571. The Balaban J connectivity index is 2.08. The van der Waals surface area contributed by atoms with E-state index in [1.54, 1.807) is 0 Å². The Morgan fingerprint density at radius 2 is 2.05 bits per heavy atom. The number of aromatic nitrogens is 2. The predicted molar refractivity (Wildman–Crippen MR) is 78.0 cm³/mol. The monoisotopic (exact) mass is 315 g/mol. The number of hydrogen-bond donors (Lipinski definition) is 1. The first-order valence-corrected chi connectivity index (χ1v) is 7.91. The molecule has 0 fully saturated rings. The maximum atomic E-state index is 12.6. The molecular formula is C14H16F3N3S. The molecule has 1 N–H and O–H groups in total. The number of anilines is 1. The van der Waals surface area contributed by atoms with Crippen LogP contribution in [0.1, 0.15) is 36.0 Å². The molecule has 3 nitrogen and oxygen atoms in total. The normalized spacial score (nSPS) is 14.7. The molecule has 0 spiro atoms. The van der Waals surface area contributed by atoms with Gasteiger partial charge in [0.2, 0.25) is 0 Å². The second-order valence-electron chi connectivity index (χ2n) is 5.24. The van der Waals surface area contributed by atoms with Crippen LogP contribution in [0.2, 0.25) is 0 Å². The summed E-state index contributed by atoms with van der Waals surface area (Å²) in [5.41, 5.74) is 1.23. The molecule has 0 bridgehead atoms. The van der Waals surface area contributed by atoms with E-state index in [9.17, 15) is 13.2 Å². The van der Waals surface area contributed by atoms with Gasteiger partial charge in [0.25, 0.3) is 0 Å². The van der Waals surface area contributed by atoms with Gasteiger partial charge >= 0.3 is 6.18 Å². The van der Waals surface area contributed by atoms with Crippen LogP contribution in [0.3, 0.4) is 0 Å². The van der Waals surface area contributed by atoms with Gasteiger partial charge in [-0.05, 0) is 31.2 Å². The Labute approximate surface area is 124 Å². The number of alkyl halides is 3. The first-order chi connectivity index (χ1) is 9.98. The lowest BCUT2D eigenvalue weighted by Crippen LogP contribution is -2.15. The topological polar surface area (TPSA) is 37.8 Å². The molecule has 0 amide bonds. The van der Waals surface area contributed by atoms with Crippen LogP contribution in [0.15, 0.2) is 0 Å². The standard InChI is InChI=1S/C14H16F3N3S/c1-2-6-18-12-11-8-4-3-5-9(8)21-13(11)20-10(19-12)7-14(15,16)17/h2-7H2,1H3,(H,18,19,20). The number of fused-ring (bicyclic) bond motifs is 3. The first kappa shape index (κ1) is 14.6. The Morgan fingerprint density at radius 1 is 1.24 bits per heavy atom. The molecule has 2 aromatic rings. The average molecular weight is 315 g/mol. The number of rotatable bonds is 4. The summed E-state index contributed by atoms with van der Waals surface area (Å²) in [6.45, 7) is 2.71. The molecule has 0 aliphatic heterocycles. The fourth-order valence-electron chi connectivity index (χ4n) is 2.67. The Kier molecular flexibility index (Phi) is 3.77. The lowest BCUT2D eigenvalue weighted by atomic mass is 10.2. The van der Waals surface area contributed by atoms with Gasteiger partial charge in [-0.2, -0.15) is 13.2 Å². The van der Waals surface area contributed by atoms with E-state index in [2.05, 4.69) is 15.3 Å². The molecule has 0 aromatic carbocycles. The quantitative estimate of drug-likeness (QED) is 0.923. The van der Waals surface area contributed by atoms with Crippen LogP contribution in [-0.2, 0) is 19.3 Å². The van der Waals surface area contributed by atoms with E-state index in [4.69, 9.17) is 0 Å². The van der Waals surface area contributed by atoms with E-state index in [0.717, 1.165) is 31.1 Å². The van der Waals surface area contributed by atoms with Crippen LogP contribution in [-0.4, -0.2) is 22.7 Å². The average Bonchev–Trinajstić information content (AvgIpc) is 2.93. The minimum atomic E-state index is -4.28. The number of halogens is 3. The highest BCUT2D eigenvalue weighted by Crippen LogP contribution is 2.39. The van der Waals surface area contributed by atoms with Crippen molar-refractivity contribution in [1.82, 2.24) is 9.97 Å². The summed E-state index contributed by atoms with van der Waals surface area (Å²) >= 11 is 1.52. The minimum absolute atomic E-state index is 0.145. The number of thiophene rings is 1. The third-order valence-electron chi connectivity index (χ3n) is 3.51. The number of aryl methyl sites for hydroxylation is 2. The number of nitrogens with one attached hydrogen (secondary N) is 1. The second kappa shape index (κ2) is 5.44. The van der Waals surface area contributed by atoms with E-state index >= 15 is 0 Å². The highest BCUT2D eigenvalue weighted by Gasteiger charge is 2.31. The van der Waals surface area contributed by atoms with Crippen molar-refractivity contribution in [2.24, 2.45) is 0 Å². The molecule has 1 aliphatic carbocycles. The van der Waals surface area contributed by atoms with E-state index in [-0.39, 0.29) is 5.82 Å². The number of hydrogen-bond acceptors (Lipinski definition) is 4. The second-order valence-corrected chi connectivity index (χ2v) is 6.33. The Hall–Kier alpha value is -1.37. The van der Waals surface area contributed by atoms with Gasteiger partial charge in [-0.3, -0.25) is 0 Å². The van der Waals surface area contributed by atoms with Crippen LogP contribution in [0.25, 0.3) is 10.2 Å². The zero-order chi connectivity index (χ0) is 15.0. The summed E-state index contributed by atoms with van der Waals surface area (Å²) in [5.74, 6) is 0.425. The smallest absolute Gasteiger partial charge is 0.369 e. The van der Waals surface area contributed by atoms with Crippen LogP contribution >= 0.6 is 11.3 Å². The van der Waals surface area contributed by atoms with Gasteiger partial charge in [-0.15, -0.1) is 11.3 Å². The van der Waals surface area contributed by atoms with Crippen LogP contribution < -0.4 is 5.32 Å². The lowest BCUT2D eigenvalue weighted by molar-refractivity contribution is -0.128. The van der Waals surface area contributed by atoms with Gasteiger partial charge in [0.15, 0.2) is 0 Å². The van der Waals surface area contributed by atoms with Gasteiger partial charge < -0.3 is 5.32 Å². The Bertz CT molecular complexity index is 664. The van der Waals surface area contributed by atoms with Crippen LogP contribution in [0, 0.1) is 0 Å². The molecule has 21 heavy (non-hydrogen) atoms. The zero-order valence-electron chi connectivity index (χ0n) is 11.7. The lowest BCUT2D eigenvalue weighted by Gasteiger charge is -2.10. The summed E-state index contributed by atoms with van der Waals surface area (Å²) in [7, 11) is 0. The summed E-state index contributed by atoms with van der Waals surface area (Å²) in [6, 6.07) is 0. The molecule has 0 radical (unpaired) electrons. The minimum Gasteiger partial charge on any atom is -0.369 e. The molecule has 114 valence electrons. The molecule has 0 saturated heterocycles. The van der Waals surface area contributed by atoms with Crippen LogP contribution in [0.5, 0.6) is 0 Å². The van der Waals surface area contributed by atoms with E-state index in [1.165, 1.54) is 21.8 Å². The maximum Gasteiger partial charge on any atom is 0.396 e. The largest absolute Gasteiger partial charge is 0.396 e. The molecule has 0 unspecified atom stereocenters. The first-order valence-electron chi connectivity index (χ1n) is 7.09. The Morgan fingerprint density at radius 3 is 2.76 bits per heavy atom. The van der Waals surface area contributed by atoms with Gasteiger partial charge in [0, 0.05) is 11.4 Å². The highest BCUT2D eigenvalue weighted by atomic mass is 32.1. The van der Waals surface area contributed by atoms with Gasteiger partial charge in [0.05, 0.1) is 5.39 Å². The maximum absolute atomic E-state index is 12.6. The van der Waals surface area contributed by atoms with Crippen molar-refractivity contribution in [3.8, 4) is 0 Å². The van der Waals surface area contributed by atoms with Crippen molar-refractivity contribution in [3.05, 3.63) is 16.3 Å². The summed E-state index contributed by atoms with van der Waals surface area (Å²) in [6.07, 6.45) is -1.39. The molecule has 3 rings (SSSR count). The summed E-state index contributed by atoms with van der Waals surface area (Å²) < 4.78 is 37.8. The SMILES string of the molecule is CCCNc1nc(CC(F)(F)F)nc2sc3c(c12)CCC3. The van der Waals surface area contributed by atoms with E-state index in [1.807, 2.05) is 6.92 Å². The fourth-order valence-corrected chi connectivity index (χ4v) is 3.95.